The Kier molecular flexibility index (Phi) is 4.49. The molecule has 10 heteroatoms. The summed E-state index contributed by atoms with van der Waals surface area (Å²) in [6.45, 7) is 5.25. The summed E-state index contributed by atoms with van der Waals surface area (Å²) in [6.07, 6.45) is 2.60. The van der Waals surface area contributed by atoms with Gasteiger partial charge in [0.15, 0.2) is 11.5 Å². The molecule has 26 heavy (non-hydrogen) atoms. The first kappa shape index (κ1) is 17.2. The number of nitrogens with zero attached hydrogens (tertiary/aromatic N) is 6. The Morgan fingerprint density at radius 3 is 2.96 bits per heavy atom. The van der Waals surface area contributed by atoms with Crippen molar-refractivity contribution in [3.05, 3.63) is 33.4 Å². The van der Waals surface area contributed by atoms with Gasteiger partial charge in [-0.3, -0.25) is 4.79 Å². The lowest BCUT2D eigenvalue weighted by atomic mass is 10.2. The summed E-state index contributed by atoms with van der Waals surface area (Å²) in [5.41, 5.74) is 0.541. The molecule has 0 saturated carbocycles. The maximum atomic E-state index is 12.5. The van der Waals surface area contributed by atoms with Crippen LogP contribution in [0.2, 0.25) is 4.34 Å². The Hall–Kier alpha value is -2.26. The summed E-state index contributed by atoms with van der Waals surface area (Å²) in [4.78, 5) is 19.3. The number of carbonyl (C=O) groups is 1. The van der Waals surface area contributed by atoms with Gasteiger partial charge in [0.2, 0.25) is 0 Å². The van der Waals surface area contributed by atoms with Gasteiger partial charge in [0.1, 0.15) is 0 Å². The molecule has 0 aromatic carbocycles. The fraction of sp³-hybridized carbons (Fsp3) is 0.438. The van der Waals surface area contributed by atoms with Crippen LogP contribution in [0.1, 0.15) is 47.7 Å². The molecule has 8 nitrogen and oxygen atoms in total. The summed E-state index contributed by atoms with van der Waals surface area (Å²) in [6, 6.07) is 3.58. The zero-order valence-electron chi connectivity index (χ0n) is 14.3. The van der Waals surface area contributed by atoms with E-state index < -0.39 is 0 Å². The molecule has 1 saturated heterocycles. The normalized spacial score (nSPS) is 17.4. The topological polar surface area (TPSA) is 89.9 Å². The van der Waals surface area contributed by atoms with Crippen LogP contribution in [0.4, 0.5) is 0 Å². The van der Waals surface area contributed by atoms with Gasteiger partial charge < -0.3 is 9.42 Å². The first-order valence-corrected chi connectivity index (χ1v) is 9.51. The summed E-state index contributed by atoms with van der Waals surface area (Å²) >= 11 is 7.22. The molecule has 1 fully saturated rings. The third-order valence-corrected chi connectivity index (χ3v) is 5.52. The van der Waals surface area contributed by atoms with Crippen LogP contribution in [0, 0.1) is 0 Å². The number of rotatable bonds is 4. The Bertz CT molecular complexity index is 933. The monoisotopic (exact) mass is 392 g/mol. The van der Waals surface area contributed by atoms with Crippen LogP contribution in [0.3, 0.4) is 0 Å². The Labute approximate surface area is 158 Å². The van der Waals surface area contributed by atoms with Gasteiger partial charge in [-0.1, -0.05) is 35.8 Å². The smallest absolute Gasteiger partial charge is 0.280 e. The first-order chi connectivity index (χ1) is 12.5. The quantitative estimate of drug-likeness (QED) is 0.676. The second kappa shape index (κ2) is 6.81. The number of hydrogen-bond donors (Lipinski definition) is 0. The number of thiophene rings is 1. The Morgan fingerprint density at radius 1 is 1.42 bits per heavy atom. The lowest BCUT2D eigenvalue weighted by Gasteiger charge is -2.15. The molecule has 3 aromatic rings. The molecule has 0 radical (unpaired) electrons. The SMILES string of the molecule is CC(C)c1noc(-c2cn([C@@H]3CCN(C(=O)c4ccc(Cl)s4)C3)nn2)n1. The van der Waals surface area contributed by atoms with Crippen molar-refractivity contribution in [2.45, 2.75) is 32.2 Å². The van der Waals surface area contributed by atoms with Gasteiger partial charge in [-0.15, -0.1) is 16.4 Å². The number of carbonyl (C=O) groups excluding carboxylic acids is 1. The van der Waals surface area contributed by atoms with E-state index in [4.69, 9.17) is 16.1 Å². The Balaban J connectivity index is 1.46. The van der Waals surface area contributed by atoms with E-state index in [1.54, 1.807) is 23.0 Å². The second-order valence-corrected chi connectivity index (χ2v) is 8.21. The van der Waals surface area contributed by atoms with Crippen molar-refractivity contribution in [3.63, 3.8) is 0 Å². The minimum absolute atomic E-state index is 0.00298. The molecule has 136 valence electrons. The van der Waals surface area contributed by atoms with Crippen LogP contribution in [0.5, 0.6) is 0 Å². The van der Waals surface area contributed by atoms with E-state index >= 15 is 0 Å². The molecule has 0 aliphatic carbocycles. The molecule has 1 amide bonds. The highest BCUT2D eigenvalue weighted by molar-refractivity contribution is 7.17. The molecule has 4 heterocycles. The lowest BCUT2D eigenvalue weighted by Crippen LogP contribution is -2.28. The highest BCUT2D eigenvalue weighted by Crippen LogP contribution is 2.28. The minimum Gasteiger partial charge on any atom is -0.336 e. The highest BCUT2D eigenvalue weighted by atomic mass is 35.5. The fourth-order valence-corrected chi connectivity index (χ4v) is 3.86. The van der Waals surface area contributed by atoms with Gasteiger partial charge in [0.05, 0.1) is 21.5 Å². The lowest BCUT2D eigenvalue weighted by molar-refractivity contribution is 0.0791. The van der Waals surface area contributed by atoms with Crippen molar-refractivity contribution in [1.82, 2.24) is 30.0 Å². The number of likely N-dealkylation sites (tertiary alicyclic amines) is 1. The van der Waals surface area contributed by atoms with Crippen molar-refractivity contribution in [3.8, 4) is 11.6 Å². The van der Waals surface area contributed by atoms with Crippen LogP contribution in [-0.4, -0.2) is 49.0 Å². The molecule has 4 rings (SSSR count). The summed E-state index contributed by atoms with van der Waals surface area (Å²) < 4.78 is 7.64. The van der Waals surface area contributed by atoms with Crippen LogP contribution in [0.15, 0.2) is 22.9 Å². The van der Waals surface area contributed by atoms with Crippen molar-refractivity contribution in [1.29, 1.82) is 0 Å². The van der Waals surface area contributed by atoms with E-state index in [1.165, 1.54) is 11.3 Å². The molecule has 1 aliphatic rings. The second-order valence-electron chi connectivity index (χ2n) is 6.49. The van der Waals surface area contributed by atoms with Gasteiger partial charge in [0.25, 0.3) is 11.8 Å². The summed E-state index contributed by atoms with van der Waals surface area (Å²) in [5, 5.41) is 12.3. The summed E-state index contributed by atoms with van der Waals surface area (Å²) in [7, 11) is 0. The number of halogens is 1. The molecule has 0 bridgehead atoms. The average Bonchev–Trinajstić information content (AvgIpc) is 3.37. The number of hydrogen-bond acceptors (Lipinski definition) is 7. The van der Waals surface area contributed by atoms with Crippen LogP contribution in [0.25, 0.3) is 11.6 Å². The third-order valence-electron chi connectivity index (χ3n) is 4.30. The molecule has 1 atom stereocenters. The van der Waals surface area contributed by atoms with Crippen LogP contribution >= 0.6 is 22.9 Å². The number of aromatic nitrogens is 5. The zero-order chi connectivity index (χ0) is 18.3. The zero-order valence-corrected chi connectivity index (χ0v) is 15.9. The summed E-state index contributed by atoms with van der Waals surface area (Å²) in [5.74, 6) is 1.19. The fourth-order valence-electron chi connectivity index (χ4n) is 2.85. The highest BCUT2D eigenvalue weighted by Gasteiger charge is 2.30. The van der Waals surface area contributed by atoms with Gasteiger partial charge in [-0.25, -0.2) is 4.68 Å². The van der Waals surface area contributed by atoms with Crippen molar-refractivity contribution < 1.29 is 9.32 Å². The Morgan fingerprint density at radius 2 is 2.27 bits per heavy atom. The van der Waals surface area contributed by atoms with E-state index in [1.807, 2.05) is 18.7 Å². The van der Waals surface area contributed by atoms with E-state index in [9.17, 15) is 4.79 Å². The predicted octanol–water partition coefficient (Wildman–Crippen LogP) is 3.25. The average molecular weight is 393 g/mol. The largest absolute Gasteiger partial charge is 0.336 e. The van der Waals surface area contributed by atoms with E-state index in [0.717, 1.165) is 6.42 Å². The molecular formula is C16H17ClN6O2S. The maximum Gasteiger partial charge on any atom is 0.280 e. The molecule has 0 spiro atoms. The van der Waals surface area contributed by atoms with Crippen molar-refractivity contribution in [2.75, 3.05) is 13.1 Å². The molecule has 0 unspecified atom stereocenters. The van der Waals surface area contributed by atoms with Gasteiger partial charge in [-0.05, 0) is 18.6 Å². The van der Waals surface area contributed by atoms with Crippen molar-refractivity contribution in [2.24, 2.45) is 0 Å². The standard InChI is InChI=1S/C16H17ClN6O2S/c1-9(2)14-18-15(25-20-14)11-8-23(21-19-11)10-5-6-22(7-10)16(24)12-3-4-13(17)26-12/h3-4,8-10H,5-7H2,1-2H3/t10-/m1/s1. The van der Waals surface area contributed by atoms with E-state index in [-0.39, 0.29) is 17.9 Å². The van der Waals surface area contributed by atoms with Gasteiger partial charge in [0, 0.05) is 19.0 Å². The van der Waals surface area contributed by atoms with Crippen molar-refractivity contribution >= 4 is 28.8 Å². The van der Waals surface area contributed by atoms with E-state index in [0.29, 0.717) is 39.7 Å². The predicted molar refractivity (Wildman–Crippen MR) is 96.3 cm³/mol. The number of amides is 1. The molecule has 0 N–H and O–H groups in total. The third kappa shape index (κ3) is 3.24. The van der Waals surface area contributed by atoms with Gasteiger partial charge >= 0.3 is 0 Å². The van der Waals surface area contributed by atoms with E-state index in [2.05, 4.69) is 20.5 Å². The maximum absolute atomic E-state index is 12.5. The molecule has 3 aromatic heterocycles. The minimum atomic E-state index is 0.00298. The molecular weight excluding hydrogens is 376 g/mol. The van der Waals surface area contributed by atoms with Crippen LogP contribution < -0.4 is 0 Å². The van der Waals surface area contributed by atoms with Gasteiger partial charge in [-0.2, -0.15) is 4.98 Å². The molecule has 1 aliphatic heterocycles. The first-order valence-electron chi connectivity index (χ1n) is 8.31. The van der Waals surface area contributed by atoms with Crippen LogP contribution in [-0.2, 0) is 0 Å².